The summed E-state index contributed by atoms with van der Waals surface area (Å²) in [7, 11) is 0. The van der Waals surface area contributed by atoms with Crippen LogP contribution in [0.2, 0.25) is 0 Å². The zero-order valence-corrected chi connectivity index (χ0v) is 9.26. The summed E-state index contributed by atoms with van der Waals surface area (Å²) >= 11 is 0. The monoisotopic (exact) mass is 180 g/mol. The summed E-state index contributed by atoms with van der Waals surface area (Å²) in [6, 6.07) is 0. The molecule has 2 aliphatic carbocycles. The van der Waals surface area contributed by atoms with E-state index in [1.165, 1.54) is 32.1 Å². The predicted octanol–water partition coefficient (Wildman–Crippen LogP) is 4.25. The van der Waals surface area contributed by atoms with Crippen molar-refractivity contribution in [1.29, 1.82) is 0 Å². The lowest BCUT2D eigenvalue weighted by molar-refractivity contribution is 0.229. The Bertz CT molecular complexity index is 161. The van der Waals surface area contributed by atoms with E-state index in [-0.39, 0.29) is 0 Å². The first-order valence-electron chi connectivity index (χ1n) is 6.31. The number of hydrogen-bond donors (Lipinski definition) is 0. The molecule has 0 aromatic heterocycles. The van der Waals surface area contributed by atoms with Crippen LogP contribution in [0.25, 0.3) is 0 Å². The van der Waals surface area contributed by atoms with Gasteiger partial charge in [0.1, 0.15) is 0 Å². The van der Waals surface area contributed by atoms with Crippen LogP contribution in [0, 0.1) is 23.7 Å². The van der Waals surface area contributed by atoms with Gasteiger partial charge in [0, 0.05) is 0 Å². The summed E-state index contributed by atoms with van der Waals surface area (Å²) in [5.74, 6) is 4.38. The van der Waals surface area contributed by atoms with Gasteiger partial charge in [0.05, 0.1) is 0 Å². The Kier molecular flexibility index (Phi) is 2.96. The molecule has 0 heteroatoms. The Labute approximate surface area is 83.1 Å². The van der Waals surface area contributed by atoms with Crippen LogP contribution in [0.3, 0.4) is 0 Å². The molecule has 0 amide bonds. The van der Waals surface area contributed by atoms with Crippen LogP contribution in [-0.2, 0) is 0 Å². The van der Waals surface area contributed by atoms with Crippen molar-refractivity contribution in [2.45, 2.75) is 58.8 Å². The van der Waals surface area contributed by atoms with E-state index in [2.05, 4.69) is 13.8 Å². The molecule has 0 radical (unpaired) electrons. The van der Waals surface area contributed by atoms with Gasteiger partial charge >= 0.3 is 0 Å². The van der Waals surface area contributed by atoms with Crippen LogP contribution >= 0.6 is 0 Å². The van der Waals surface area contributed by atoms with E-state index < -0.39 is 0 Å². The molecule has 0 bridgehead atoms. The van der Waals surface area contributed by atoms with Gasteiger partial charge in [-0.25, -0.2) is 0 Å². The van der Waals surface area contributed by atoms with E-state index in [9.17, 15) is 0 Å². The summed E-state index contributed by atoms with van der Waals surface area (Å²) in [4.78, 5) is 0. The minimum Gasteiger partial charge on any atom is -0.0651 e. The summed E-state index contributed by atoms with van der Waals surface area (Å²) in [5, 5.41) is 0. The normalized spacial score (nSPS) is 44.8. The van der Waals surface area contributed by atoms with Crippen LogP contribution in [0.1, 0.15) is 58.8 Å². The molecule has 0 saturated heterocycles. The molecule has 0 N–H and O–H groups in total. The van der Waals surface area contributed by atoms with Gasteiger partial charge in [-0.05, 0) is 36.5 Å². The van der Waals surface area contributed by atoms with E-state index in [0.717, 1.165) is 23.7 Å². The van der Waals surface area contributed by atoms with Crippen molar-refractivity contribution in [2.24, 2.45) is 23.7 Å². The number of rotatable bonds is 3. The molecule has 4 atom stereocenters. The third-order valence-electron chi connectivity index (χ3n) is 4.49. The van der Waals surface area contributed by atoms with Crippen LogP contribution < -0.4 is 0 Å². The van der Waals surface area contributed by atoms with E-state index in [1.807, 2.05) is 0 Å². The maximum Gasteiger partial charge on any atom is -0.0380 e. The molecular formula is C13H24. The maximum absolute atomic E-state index is 2.48. The molecule has 0 aromatic rings. The molecule has 0 spiro atoms. The Morgan fingerprint density at radius 3 is 2.38 bits per heavy atom. The average Bonchev–Trinajstić information content (AvgIpc) is 2.88. The smallest absolute Gasteiger partial charge is 0.0380 e. The standard InChI is InChI=1S/C13H24/c1-3-11-8-13(11)9-12-7-5-4-6-10(12)2/h10-13H,3-9H2,1-2H3. The molecule has 76 valence electrons. The SMILES string of the molecule is CCC1CC1CC1CCCCC1C. The maximum atomic E-state index is 2.48. The van der Waals surface area contributed by atoms with E-state index in [1.54, 1.807) is 12.8 Å². The molecule has 4 unspecified atom stereocenters. The minimum atomic E-state index is 1.03. The summed E-state index contributed by atoms with van der Waals surface area (Å²) in [5.41, 5.74) is 0. The molecule has 2 rings (SSSR count). The van der Waals surface area contributed by atoms with Gasteiger partial charge in [-0.2, -0.15) is 0 Å². The first-order chi connectivity index (χ1) is 6.31. The van der Waals surface area contributed by atoms with Crippen molar-refractivity contribution in [2.75, 3.05) is 0 Å². The largest absolute Gasteiger partial charge is 0.0651 e. The van der Waals surface area contributed by atoms with E-state index in [0.29, 0.717) is 0 Å². The molecule has 0 nitrogen and oxygen atoms in total. The fourth-order valence-corrected chi connectivity index (χ4v) is 3.23. The van der Waals surface area contributed by atoms with Crippen LogP contribution in [0.5, 0.6) is 0 Å². The first kappa shape index (κ1) is 9.55. The van der Waals surface area contributed by atoms with Gasteiger partial charge in [-0.1, -0.05) is 46.0 Å². The second kappa shape index (κ2) is 4.02. The van der Waals surface area contributed by atoms with Crippen molar-refractivity contribution < 1.29 is 0 Å². The van der Waals surface area contributed by atoms with Crippen molar-refractivity contribution in [3.8, 4) is 0 Å². The van der Waals surface area contributed by atoms with Gasteiger partial charge in [-0.15, -0.1) is 0 Å². The van der Waals surface area contributed by atoms with Gasteiger partial charge in [0.15, 0.2) is 0 Å². The lowest BCUT2D eigenvalue weighted by atomic mass is 9.77. The Balaban J connectivity index is 1.74. The molecule has 0 heterocycles. The van der Waals surface area contributed by atoms with E-state index >= 15 is 0 Å². The summed E-state index contributed by atoms with van der Waals surface area (Å²) < 4.78 is 0. The third-order valence-corrected chi connectivity index (χ3v) is 4.49. The molecule has 2 saturated carbocycles. The third kappa shape index (κ3) is 2.27. The highest BCUT2D eigenvalue weighted by Crippen LogP contribution is 2.48. The molecule has 13 heavy (non-hydrogen) atoms. The molecular weight excluding hydrogens is 156 g/mol. The zero-order valence-electron chi connectivity index (χ0n) is 9.26. The molecule has 2 aliphatic rings. The van der Waals surface area contributed by atoms with Gasteiger partial charge in [0.2, 0.25) is 0 Å². The molecule has 0 aliphatic heterocycles. The van der Waals surface area contributed by atoms with Crippen LogP contribution in [0.15, 0.2) is 0 Å². The van der Waals surface area contributed by atoms with Crippen molar-refractivity contribution in [3.05, 3.63) is 0 Å². The van der Waals surface area contributed by atoms with Crippen molar-refractivity contribution in [1.82, 2.24) is 0 Å². The predicted molar refractivity (Wildman–Crippen MR) is 57.6 cm³/mol. The van der Waals surface area contributed by atoms with E-state index in [4.69, 9.17) is 0 Å². The lowest BCUT2D eigenvalue weighted by Crippen LogP contribution is -2.17. The minimum absolute atomic E-state index is 1.03. The number of hydrogen-bond acceptors (Lipinski definition) is 0. The van der Waals surface area contributed by atoms with Crippen molar-refractivity contribution in [3.63, 3.8) is 0 Å². The topological polar surface area (TPSA) is 0 Å². The quantitative estimate of drug-likeness (QED) is 0.609. The zero-order chi connectivity index (χ0) is 9.26. The second-order valence-corrected chi connectivity index (χ2v) is 5.42. The van der Waals surface area contributed by atoms with Gasteiger partial charge < -0.3 is 0 Å². The Morgan fingerprint density at radius 1 is 1.00 bits per heavy atom. The highest BCUT2D eigenvalue weighted by atomic mass is 14.4. The highest BCUT2D eigenvalue weighted by Gasteiger charge is 2.37. The first-order valence-corrected chi connectivity index (χ1v) is 6.31. The molecule has 0 aromatic carbocycles. The fraction of sp³-hybridized carbons (Fsp3) is 1.00. The fourth-order valence-electron chi connectivity index (χ4n) is 3.23. The summed E-state index contributed by atoms with van der Waals surface area (Å²) in [6.07, 6.45) is 10.6. The average molecular weight is 180 g/mol. The van der Waals surface area contributed by atoms with Crippen LogP contribution in [0.4, 0.5) is 0 Å². The lowest BCUT2D eigenvalue weighted by Gasteiger charge is -2.28. The highest BCUT2D eigenvalue weighted by molar-refractivity contribution is 4.88. The van der Waals surface area contributed by atoms with Crippen LogP contribution in [-0.4, -0.2) is 0 Å². The Morgan fingerprint density at radius 2 is 1.77 bits per heavy atom. The second-order valence-electron chi connectivity index (χ2n) is 5.42. The van der Waals surface area contributed by atoms with Gasteiger partial charge in [0.25, 0.3) is 0 Å². The Hall–Kier alpha value is 0. The molecule has 2 fully saturated rings. The van der Waals surface area contributed by atoms with Crippen molar-refractivity contribution >= 4 is 0 Å². The van der Waals surface area contributed by atoms with Gasteiger partial charge in [-0.3, -0.25) is 0 Å². The summed E-state index contributed by atoms with van der Waals surface area (Å²) in [6.45, 7) is 4.84.